The molecule has 0 aromatic heterocycles. The van der Waals surface area contributed by atoms with Crippen LogP contribution >= 0.6 is 0 Å². The molecule has 2 rings (SSSR count). The molecule has 0 fully saturated rings. The Bertz CT molecular complexity index is 874. The number of benzene rings is 2. The Morgan fingerprint density at radius 2 is 1.48 bits per heavy atom. The number of hydrogen-bond acceptors (Lipinski definition) is 6. The molecule has 0 aliphatic carbocycles. The molecule has 0 bridgehead atoms. The number of hydrogen-bond donors (Lipinski definition) is 1. The SMILES string of the molecule is COc1cc(/C=C/C(=O)OCC(=O)Nc2cc(C)cc(C)c2)cc(OC)c1OC. The number of methoxy groups -OCH3 is 3. The summed E-state index contributed by atoms with van der Waals surface area (Å²) in [6.45, 7) is 3.50. The van der Waals surface area contributed by atoms with E-state index >= 15 is 0 Å². The molecule has 29 heavy (non-hydrogen) atoms. The van der Waals surface area contributed by atoms with Crippen LogP contribution in [0, 0.1) is 13.8 Å². The lowest BCUT2D eigenvalue weighted by atomic mass is 10.1. The number of nitrogens with one attached hydrogen (secondary N) is 1. The highest BCUT2D eigenvalue weighted by Gasteiger charge is 2.12. The van der Waals surface area contributed by atoms with E-state index < -0.39 is 11.9 Å². The second kappa shape index (κ2) is 10.2. The smallest absolute Gasteiger partial charge is 0.331 e. The molecule has 0 saturated heterocycles. The van der Waals surface area contributed by atoms with E-state index in [1.807, 2.05) is 32.0 Å². The molecule has 0 spiro atoms. The minimum Gasteiger partial charge on any atom is -0.493 e. The summed E-state index contributed by atoms with van der Waals surface area (Å²) in [5.74, 6) is 0.331. The number of rotatable bonds is 8. The van der Waals surface area contributed by atoms with Gasteiger partial charge in [0, 0.05) is 11.8 Å². The van der Waals surface area contributed by atoms with Gasteiger partial charge >= 0.3 is 5.97 Å². The van der Waals surface area contributed by atoms with Crippen LogP contribution in [-0.2, 0) is 14.3 Å². The first-order valence-corrected chi connectivity index (χ1v) is 8.89. The van der Waals surface area contributed by atoms with Gasteiger partial charge in [0.15, 0.2) is 18.1 Å². The second-order valence-corrected chi connectivity index (χ2v) is 6.32. The predicted molar refractivity (Wildman–Crippen MR) is 111 cm³/mol. The Balaban J connectivity index is 1.96. The molecule has 7 nitrogen and oxygen atoms in total. The van der Waals surface area contributed by atoms with Gasteiger partial charge < -0.3 is 24.3 Å². The third-order valence-corrected chi connectivity index (χ3v) is 3.95. The summed E-state index contributed by atoms with van der Waals surface area (Å²) in [5.41, 5.74) is 3.38. The minimum atomic E-state index is -0.644. The molecule has 0 saturated carbocycles. The predicted octanol–water partition coefficient (Wildman–Crippen LogP) is 3.52. The molecule has 154 valence electrons. The maximum absolute atomic E-state index is 12.0. The molecule has 2 aromatic rings. The molecular formula is C22H25NO6. The molecule has 7 heteroatoms. The number of esters is 1. The van der Waals surface area contributed by atoms with Crippen molar-refractivity contribution in [3.63, 3.8) is 0 Å². The molecule has 0 atom stereocenters. The quantitative estimate of drug-likeness (QED) is 0.540. The maximum Gasteiger partial charge on any atom is 0.331 e. The lowest BCUT2D eigenvalue weighted by Crippen LogP contribution is -2.20. The zero-order valence-corrected chi connectivity index (χ0v) is 17.2. The van der Waals surface area contributed by atoms with Crippen LogP contribution in [0.1, 0.15) is 16.7 Å². The molecule has 0 unspecified atom stereocenters. The van der Waals surface area contributed by atoms with Crippen LogP contribution in [0.4, 0.5) is 5.69 Å². The molecule has 0 radical (unpaired) electrons. The van der Waals surface area contributed by atoms with E-state index in [4.69, 9.17) is 18.9 Å². The first-order valence-electron chi connectivity index (χ1n) is 8.89. The largest absolute Gasteiger partial charge is 0.493 e. The van der Waals surface area contributed by atoms with Gasteiger partial charge in [-0.05, 0) is 60.9 Å². The molecular weight excluding hydrogens is 374 g/mol. The molecule has 2 aromatic carbocycles. The number of amides is 1. The van der Waals surface area contributed by atoms with Gasteiger partial charge in [0.25, 0.3) is 5.91 Å². The Hall–Kier alpha value is -3.48. The highest BCUT2D eigenvalue weighted by Crippen LogP contribution is 2.38. The van der Waals surface area contributed by atoms with Gasteiger partial charge in [-0.25, -0.2) is 4.79 Å². The lowest BCUT2D eigenvalue weighted by Gasteiger charge is -2.12. The number of aryl methyl sites for hydroxylation is 2. The first-order chi connectivity index (χ1) is 13.9. The van der Waals surface area contributed by atoms with Gasteiger partial charge in [0.1, 0.15) is 0 Å². The Morgan fingerprint density at radius 3 is 2.00 bits per heavy atom. The second-order valence-electron chi connectivity index (χ2n) is 6.32. The van der Waals surface area contributed by atoms with Gasteiger partial charge in [-0.3, -0.25) is 4.79 Å². The topological polar surface area (TPSA) is 83.1 Å². The van der Waals surface area contributed by atoms with Crippen molar-refractivity contribution in [1.29, 1.82) is 0 Å². The Morgan fingerprint density at radius 1 is 0.897 bits per heavy atom. The normalized spacial score (nSPS) is 10.5. The van der Waals surface area contributed by atoms with Crippen LogP contribution in [0.3, 0.4) is 0 Å². The molecule has 1 amide bonds. The third kappa shape index (κ3) is 6.27. The van der Waals surface area contributed by atoms with Crippen molar-refractivity contribution in [3.8, 4) is 17.2 Å². The molecule has 0 aliphatic heterocycles. The summed E-state index contributed by atoms with van der Waals surface area (Å²) in [6, 6.07) is 9.08. The number of carbonyl (C=O) groups excluding carboxylic acids is 2. The number of carbonyl (C=O) groups is 2. The van der Waals surface area contributed by atoms with Crippen LogP contribution in [0.25, 0.3) is 6.08 Å². The monoisotopic (exact) mass is 399 g/mol. The van der Waals surface area contributed by atoms with Crippen LogP contribution < -0.4 is 19.5 Å². The Kier molecular flexibility index (Phi) is 7.65. The molecule has 0 aliphatic rings. The van der Waals surface area contributed by atoms with E-state index in [2.05, 4.69) is 5.32 Å². The summed E-state index contributed by atoms with van der Waals surface area (Å²) in [5, 5.41) is 2.71. The van der Waals surface area contributed by atoms with Gasteiger partial charge in [0.2, 0.25) is 5.75 Å². The number of anilines is 1. The van der Waals surface area contributed by atoms with Crippen molar-refractivity contribution in [2.45, 2.75) is 13.8 Å². The van der Waals surface area contributed by atoms with Crippen molar-refractivity contribution in [3.05, 3.63) is 53.1 Å². The van der Waals surface area contributed by atoms with E-state index in [9.17, 15) is 9.59 Å². The van der Waals surface area contributed by atoms with Crippen molar-refractivity contribution < 1.29 is 28.5 Å². The van der Waals surface area contributed by atoms with Crippen LogP contribution in [0.2, 0.25) is 0 Å². The fraction of sp³-hybridized carbons (Fsp3) is 0.273. The van der Waals surface area contributed by atoms with Gasteiger partial charge in [-0.15, -0.1) is 0 Å². The summed E-state index contributed by atoms with van der Waals surface area (Å²) in [6.07, 6.45) is 2.76. The fourth-order valence-electron chi connectivity index (χ4n) is 2.79. The number of ether oxygens (including phenoxy) is 4. The van der Waals surface area contributed by atoms with Crippen molar-refractivity contribution in [1.82, 2.24) is 0 Å². The van der Waals surface area contributed by atoms with E-state index in [0.29, 0.717) is 28.5 Å². The molecule has 0 heterocycles. The van der Waals surface area contributed by atoms with E-state index in [-0.39, 0.29) is 6.61 Å². The third-order valence-electron chi connectivity index (χ3n) is 3.95. The average molecular weight is 399 g/mol. The summed E-state index contributed by atoms with van der Waals surface area (Å²) >= 11 is 0. The van der Waals surface area contributed by atoms with E-state index in [0.717, 1.165) is 11.1 Å². The van der Waals surface area contributed by atoms with Gasteiger partial charge in [0.05, 0.1) is 21.3 Å². The Labute approximate surface area is 170 Å². The van der Waals surface area contributed by atoms with E-state index in [1.165, 1.54) is 33.5 Å². The lowest BCUT2D eigenvalue weighted by molar-refractivity contribution is -0.142. The minimum absolute atomic E-state index is 0.384. The van der Waals surface area contributed by atoms with Gasteiger partial charge in [-0.1, -0.05) is 6.07 Å². The van der Waals surface area contributed by atoms with E-state index in [1.54, 1.807) is 12.1 Å². The summed E-state index contributed by atoms with van der Waals surface area (Å²) in [4.78, 5) is 23.9. The van der Waals surface area contributed by atoms with Gasteiger partial charge in [-0.2, -0.15) is 0 Å². The van der Waals surface area contributed by atoms with Crippen LogP contribution in [0.5, 0.6) is 17.2 Å². The van der Waals surface area contributed by atoms with Crippen LogP contribution in [0.15, 0.2) is 36.4 Å². The summed E-state index contributed by atoms with van der Waals surface area (Å²) < 4.78 is 20.8. The fourth-order valence-corrected chi connectivity index (χ4v) is 2.79. The zero-order valence-electron chi connectivity index (χ0n) is 17.2. The summed E-state index contributed by atoms with van der Waals surface area (Å²) in [7, 11) is 4.52. The zero-order chi connectivity index (χ0) is 21.4. The van der Waals surface area contributed by atoms with Crippen molar-refractivity contribution in [2.24, 2.45) is 0 Å². The average Bonchev–Trinajstić information content (AvgIpc) is 2.68. The standard InChI is InChI=1S/C22H25NO6/c1-14-8-15(2)10-17(9-14)23-20(24)13-29-21(25)7-6-16-11-18(26-3)22(28-5)19(12-16)27-4/h6-12H,13H2,1-5H3,(H,23,24)/b7-6+. The van der Waals surface area contributed by atoms with Crippen molar-refractivity contribution in [2.75, 3.05) is 33.3 Å². The first kappa shape index (κ1) is 21.8. The highest BCUT2D eigenvalue weighted by molar-refractivity contribution is 5.94. The van der Waals surface area contributed by atoms with Crippen molar-refractivity contribution >= 4 is 23.6 Å². The van der Waals surface area contributed by atoms with Crippen LogP contribution in [-0.4, -0.2) is 39.8 Å². The maximum atomic E-state index is 12.0. The molecule has 1 N–H and O–H groups in total. The highest BCUT2D eigenvalue weighted by atomic mass is 16.5.